The summed E-state index contributed by atoms with van der Waals surface area (Å²) in [4.78, 5) is 32.2. The van der Waals surface area contributed by atoms with Crippen LogP contribution in [0.5, 0.6) is 5.75 Å². The zero-order chi connectivity index (χ0) is 25.3. The van der Waals surface area contributed by atoms with Crippen LogP contribution in [0, 0.1) is 0 Å². The van der Waals surface area contributed by atoms with Gasteiger partial charge in [0.25, 0.3) is 11.5 Å². The van der Waals surface area contributed by atoms with Crippen LogP contribution in [-0.4, -0.2) is 43.4 Å². The summed E-state index contributed by atoms with van der Waals surface area (Å²) in [6.07, 6.45) is 3.58. The van der Waals surface area contributed by atoms with E-state index >= 15 is 0 Å². The number of carbonyl (C=O) groups is 1. The summed E-state index contributed by atoms with van der Waals surface area (Å²) in [5, 5.41) is 13.9. The molecule has 2 heterocycles. The molecule has 8 nitrogen and oxygen atoms in total. The van der Waals surface area contributed by atoms with E-state index in [9.17, 15) is 14.7 Å². The van der Waals surface area contributed by atoms with E-state index in [4.69, 9.17) is 21.3 Å². The summed E-state index contributed by atoms with van der Waals surface area (Å²) in [5.74, 6) is 0.450. The van der Waals surface area contributed by atoms with E-state index < -0.39 is 5.54 Å². The fraction of sp³-hybridized carbons (Fsp3) is 0.500. The molecule has 0 atom stereocenters. The van der Waals surface area contributed by atoms with Crippen LogP contribution in [0.3, 0.4) is 0 Å². The van der Waals surface area contributed by atoms with E-state index in [0.717, 1.165) is 18.4 Å². The first kappa shape index (κ1) is 25.3. The topological polar surface area (TPSA) is 98.4 Å². The Labute approximate surface area is 209 Å². The second kappa shape index (κ2) is 10.0. The molecule has 9 heteroatoms. The second-order valence-electron chi connectivity index (χ2n) is 9.60. The number of halogens is 1. The Hall–Kier alpha value is -2.84. The van der Waals surface area contributed by atoms with Crippen molar-refractivity contribution in [2.75, 3.05) is 6.61 Å². The van der Waals surface area contributed by atoms with Crippen LogP contribution in [0.2, 0.25) is 5.02 Å². The molecule has 1 aliphatic carbocycles. The summed E-state index contributed by atoms with van der Waals surface area (Å²) in [6, 6.07) is 7.37. The fourth-order valence-electron chi connectivity index (χ4n) is 4.94. The maximum Gasteiger partial charge on any atom is 0.272 e. The van der Waals surface area contributed by atoms with Gasteiger partial charge < -0.3 is 19.7 Å². The van der Waals surface area contributed by atoms with Gasteiger partial charge in [-0.15, -0.1) is 0 Å². The normalized spacial score (nSPS) is 15.2. The van der Waals surface area contributed by atoms with Gasteiger partial charge in [0.2, 0.25) is 0 Å². The molecule has 0 radical (unpaired) electrons. The molecular formula is C26H33ClN4O4. The highest BCUT2D eigenvalue weighted by atomic mass is 35.5. The van der Waals surface area contributed by atoms with Gasteiger partial charge in [0.1, 0.15) is 11.2 Å². The Bertz CT molecular complexity index is 1300. The van der Waals surface area contributed by atoms with Crippen molar-refractivity contribution in [3.05, 3.63) is 56.7 Å². The highest BCUT2D eigenvalue weighted by Crippen LogP contribution is 2.34. The standard InChI is InChI=1S/C26H33ClN4O4/c1-5-19-28-23-20(25(34)31(19)14-17-9-8-10-18(27)13-17)22(35-16(2)3)21(30(23)4)24(33)29-26(15-32)11-6-7-12-26/h8-10,13,16,32H,5-7,11-12,14-15H2,1-4H3,(H,29,33). The molecule has 0 unspecified atom stereocenters. The van der Waals surface area contributed by atoms with Crippen molar-refractivity contribution in [1.29, 1.82) is 0 Å². The number of aliphatic hydroxyl groups excluding tert-OH is 1. The SMILES string of the molecule is CCc1nc2c(c(OC(C)C)c(C(=O)NC3(CO)CCCC3)n2C)c(=O)n1Cc1cccc(Cl)c1. The minimum absolute atomic E-state index is 0.131. The molecule has 2 N–H and O–H groups in total. The molecule has 1 aromatic carbocycles. The Morgan fingerprint density at radius 2 is 2.03 bits per heavy atom. The van der Waals surface area contributed by atoms with Gasteiger partial charge in [-0.3, -0.25) is 14.2 Å². The van der Waals surface area contributed by atoms with Gasteiger partial charge in [0.15, 0.2) is 17.1 Å². The van der Waals surface area contributed by atoms with Crippen LogP contribution in [0.1, 0.15) is 68.3 Å². The van der Waals surface area contributed by atoms with E-state index in [2.05, 4.69) is 5.32 Å². The molecule has 1 saturated carbocycles. The smallest absolute Gasteiger partial charge is 0.272 e. The number of nitrogens with zero attached hydrogens (tertiary/aromatic N) is 3. The van der Waals surface area contributed by atoms with Crippen LogP contribution in [0.4, 0.5) is 0 Å². The van der Waals surface area contributed by atoms with Crippen molar-refractivity contribution < 1.29 is 14.6 Å². The monoisotopic (exact) mass is 500 g/mol. The maximum absolute atomic E-state index is 13.9. The minimum Gasteiger partial charge on any atom is -0.488 e. The third kappa shape index (κ3) is 4.82. The molecule has 4 rings (SSSR count). The Balaban J connectivity index is 1.89. The zero-order valence-corrected chi connectivity index (χ0v) is 21.5. The van der Waals surface area contributed by atoms with E-state index in [1.54, 1.807) is 22.2 Å². The van der Waals surface area contributed by atoms with Crippen LogP contribution in [0.25, 0.3) is 11.0 Å². The Morgan fingerprint density at radius 3 is 2.63 bits per heavy atom. The average molecular weight is 501 g/mol. The lowest BCUT2D eigenvalue weighted by molar-refractivity contribution is 0.0824. The number of nitrogens with one attached hydrogen (secondary N) is 1. The van der Waals surface area contributed by atoms with Crippen LogP contribution in [0.15, 0.2) is 29.1 Å². The number of aliphatic hydroxyl groups is 1. The lowest BCUT2D eigenvalue weighted by atomic mass is 9.98. The summed E-state index contributed by atoms with van der Waals surface area (Å²) >= 11 is 6.17. The van der Waals surface area contributed by atoms with Crippen molar-refractivity contribution in [1.82, 2.24) is 19.4 Å². The number of hydrogen-bond donors (Lipinski definition) is 2. The van der Waals surface area contributed by atoms with E-state index in [0.29, 0.717) is 42.3 Å². The van der Waals surface area contributed by atoms with Crippen molar-refractivity contribution in [2.24, 2.45) is 7.05 Å². The molecular weight excluding hydrogens is 468 g/mol. The summed E-state index contributed by atoms with van der Waals surface area (Å²) in [5.41, 5.74) is 0.592. The first-order chi connectivity index (χ1) is 16.7. The minimum atomic E-state index is -0.655. The molecule has 3 aromatic rings. The largest absolute Gasteiger partial charge is 0.488 e. The number of benzene rings is 1. The Kier molecular flexibility index (Phi) is 7.24. The average Bonchev–Trinajstić information content (AvgIpc) is 3.38. The van der Waals surface area contributed by atoms with E-state index in [1.807, 2.05) is 39.0 Å². The van der Waals surface area contributed by atoms with Crippen LogP contribution < -0.4 is 15.6 Å². The summed E-state index contributed by atoms with van der Waals surface area (Å²) in [6.45, 7) is 5.82. The van der Waals surface area contributed by atoms with Gasteiger partial charge in [-0.25, -0.2) is 4.98 Å². The van der Waals surface area contributed by atoms with Crippen molar-refractivity contribution in [3.63, 3.8) is 0 Å². The summed E-state index contributed by atoms with van der Waals surface area (Å²) < 4.78 is 9.34. The maximum atomic E-state index is 13.9. The molecule has 188 valence electrons. The van der Waals surface area contributed by atoms with Crippen molar-refractivity contribution in [3.8, 4) is 5.75 Å². The van der Waals surface area contributed by atoms with Gasteiger partial charge in [-0.2, -0.15) is 0 Å². The van der Waals surface area contributed by atoms with E-state index in [-0.39, 0.29) is 41.0 Å². The summed E-state index contributed by atoms with van der Waals surface area (Å²) in [7, 11) is 1.72. The lowest BCUT2D eigenvalue weighted by Crippen LogP contribution is -2.49. The predicted molar refractivity (Wildman–Crippen MR) is 136 cm³/mol. The highest BCUT2D eigenvalue weighted by molar-refractivity contribution is 6.30. The molecule has 0 spiro atoms. The number of carbonyl (C=O) groups excluding carboxylic acids is 1. The fourth-order valence-corrected chi connectivity index (χ4v) is 5.15. The molecule has 1 aliphatic rings. The van der Waals surface area contributed by atoms with Gasteiger partial charge >= 0.3 is 0 Å². The number of aromatic nitrogens is 3. The third-order valence-electron chi connectivity index (χ3n) is 6.68. The number of fused-ring (bicyclic) bond motifs is 1. The molecule has 0 aliphatic heterocycles. The van der Waals surface area contributed by atoms with Gasteiger partial charge in [0, 0.05) is 18.5 Å². The lowest BCUT2D eigenvalue weighted by Gasteiger charge is -2.28. The number of aryl methyl sites for hydroxylation is 2. The van der Waals surface area contributed by atoms with Crippen LogP contribution >= 0.6 is 11.6 Å². The van der Waals surface area contributed by atoms with Gasteiger partial charge in [0.05, 0.1) is 24.8 Å². The molecule has 2 aromatic heterocycles. The van der Waals surface area contributed by atoms with Crippen molar-refractivity contribution in [2.45, 2.75) is 71.1 Å². The molecule has 35 heavy (non-hydrogen) atoms. The first-order valence-electron chi connectivity index (χ1n) is 12.2. The first-order valence-corrected chi connectivity index (χ1v) is 12.5. The van der Waals surface area contributed by atoms with Gasteiger partial charge in [-0.05, 0) is 44.4 Å². The number of ether oxygens (including phenoxy) is 1. The number of hydrogen-bond acceptors (Lipinski definition) is 5. The predicted octanol–water partition coefficient (Wildman–Crippen LogP) is 3.82. The molecule has 1 fully saturated rings. The second-order valence-corrected chi connectivity index (χ2v) is 10.0. The molecule has 0 saturated heterocycles. The highest BCUT2D eigenvalue weighted by Gasteiger charge is 2.37. The molecule has 1 amide bonds. The van der Waals surface area contributed by atoms with Crippen LogP contribution in [-0.2, 0) is 20.0 Å². The quantitative estimate of drug-likeness (QED) is 0.490. The van der Waals surface area contributed by atoms with E-state index in [1.165, 1.54) is 0 Å². The Morgan fingerprint density at radius 1 is 1.31 bits per heavy atom. The third-order valence-corrected chi connectivity index (χ3v) is 6.92. The van der Waals surface area contributed by atoms with Crippen molar-refractivity contribution >= 4 is 28.5 Å². The molecule has 0 bridgehead atoms. The van der Waals surface area contributed by atoms with Gasteiger partial charge in [-0.1, -0.05) is 43.5 Å². The number of rotatable bonds is 8. The zero-order valence-electron chi connectivity index (χ0n) is 20.7. The number of amides is 1.